The van der Waals surface area contributed by atoms with Crippen LogP contribution >= 0.6 is 0 Å². The number of nitrogens with zero attached hydrogens (tertiary/aromatic N) is 1. The Morgan fingerprint density at radius 3 is 2.58 bits per heavy atom. The fourth-order valence-electron chi connectivity index (χ4n) is 3.36. The van der Waals surface area contributed by atoms with Crippen LogP contribution in [-0.4, -0.2) is 35.7 Å². The number of hydrogen-bond donors (Lipinski definition) is 1. The molecule has 1 saturated carbocycles. The molecule has 26 heavy (non-hydrogen) atoms. The van der Waals surface area contributed by atoms with Gasteiger partial charge >= 0.3 is 0 Å². The van der Waals surface area contributed by atoms with Crippen molar-refractivity contribution in [1.82, 2.24) is 10.3 Å². The number of hydrogen-bond acceptors (Lipinski definition) is 5. The zero-order valence-electron chi connectivity index (χ0n) is 14.5. The highest BCUT2D eigenvalue weighted by Gasteiger charge is 2.30. The molecule has 1 aromatic heterocycles. The molecule has 2 aliphatic rings. The third-order valence-electron chi connectivity index (χ3n) is 4.75. The monoisotopic (exact) mass is 354 g/mol. The number of aromatic nitrogens is 1. The SMILES string of the molecule is O=C(NC1CCC(Oc2ccccn2)CC1)C1COc2ccccc2O1. The van der Waals surface area contributed by atoms with Gasteiger partial charge in [-0.1, -0.05) is 18.2 Å². The van der Waals surface area contributed by atoms with Gasteiger partial charge in [0.1, 0.15) is 12.7 Å². The van der Waals surface area contributed by atoms with Crippen molar-refractivity contribution in [2.45, 2.75) is 43.9 Å². The number of benzene rings is 1. The fraction of sp³-hybridized carbons (Fsp3) is 0.400. The Morgan fingerprint density at radius 2 is 1.81 bits per heavy atom. The molecule has 1 aromatic carbocycles. The number of pyridine rings is 1. The van der Waals surface area contributed by atoms with Crippen molar-refractivity contribution in [3.8, 4) is 17.4 Å². The number of carbonyl (C=O) groups excluding carboxylic acids is 1. The molecule has 1 aliphatic heterocycles. The Bertz CT molecular complexity index is 744. The highest BCUT2D eigenvalue weighted by molar-refractivity contribution is 5.82. The van der Waals surface area contributed by atoms with E-state index >= 15 is 0 Å². The molecule has 4 rings (SSSR count). The number of fused-ring (bicyclic) bond motifs is 1. The van der Waals surface area contributed by atoms with E-state index in [0.29, 0.717) is 17.4 Å². The predicted octanol–water partition coefficient (Wildman–Crippen LogP) is 2.73. The number of ether oxygens (including phenoxy) is 3. The maximum Gasteiger partial charge on any atom is 0.264 e. The molecule has 1 N–H and O–H groups in total. The van der Waals surface area contributed by atoms with E-state index < -0.39 is 6.10 Å². The molecule has 6 heteroatoms. The van der Waals surface area contributed by atoms with Gasteiger partial charge in [0.2, 0.25) is 12.0 Å². The highest BCUT2D eigenvalue weighted by Crippen LogP contribution is 2.31. The number of amides is 1. The topological polar surface area (TPSA) is 69.7 Å². The van der Waals surface area contributed by atoms with Crippen molar-refractivity contribution < 1.29 is 19.0 Å². The number of nitrogens with one attached hydrogen (secondary N) is 1. The summed E-state index contributed by atoms with van der Waals surface area (Å²) in [5, 5.41) is 3.09. The molecule has 6 nitrogen and oxygen atoms in total. The van der Waals surface area contributed by atoms with E-state index in [2.05, 4.69) is 10.3 Å². The summed E-state index contributed by atoms with van der Waals surface area (Å²) in [4.78, 5) is 16.7. The minimum Gasteiger partial charge on any atom is -0.485 e. The largest absolute Gasteiger partial charge is 0.485 e. The molecular weight excluding hydrogens is 332 g/mol. The zero-order valence-corrected chi connectivity index (χ0v) is 14.5. The molecule has 1 unspecified atom stereocenters. The van der Waals surface area contributed by atoms with Gasteiger partial charge in [0.25, 0.3) is 5.91 Å². The quantitative estimate of drug-likeness (QED) is 0.914. The average molecular weight is 354 g/mol. The van der Waals surface area contributed by atoms with E-state index in [4.69, 9.17) is 14.2 Å². The molecular formula is C20H22N2O4. The summed E-state index contributed by atoms with van der Waals surface area (Å²) in [6, 6.07) is 13.2. The Kier molecular flexibility index (Phi) is 4.91. The summed E-state index contributed by atoms with van der Waals surface area (Å²) in [5.74, 6) is 1.84. The molecule has 1 atom stereocenters. The third kappa shape index (κ3) is 3.90. The first-order valence-electron chi connectivity index (χ1n) is 9.04. The minimum absolute atomic E-state index is 0.117. The standard InChI is InChI=1S/C20H22N2O4/c23-20(18-13-24-16-5-1-2-6-17(16)26-18)22-14-8-10-15(11-9-14)25-19-7-3-4-12-21-19/h1-7,12,14-15,18H,8-11,13H2,(H,22,23). The van der Waals surface area contributed by atoms with Crippen LogP contribution in [0.4, 0.5) is 0 Å². The molecule has 2 heterocycles. The van der Waals surface area contributed by atoms with Crippen LogP contribution in [-0.2, 0) is 4.79 Å². The van der Waals surface area contributed by atoms with Crippen LogP contribution in [0.1, 0.15) is 25.7 Å². The van der Waals surface area contributed by atoms with Crippen molar-refractivity contribution in [2.24, 2.45) is 0 Å². The van der Waals surface area contributed by atoms with Gasteiger partial charge in [-0.15, -0.1) is 0 Å². The molecule has 0 radical (unpaired) electrons. The van der Waals surface area contributed by atoms with Gasteiger partial charge in [0, 0.05) is 18.3 Å². The molecule has 136 valence electrons. The van der Waals surface area contributed by atoms with Crippen LogP contribution in [0, 0.1) is 0 Å². The van der Waals surface area contributed by atoms with E-state index in [1.807, 2.05) is 42.5 Å². The lowest BCUT2D eigenvalue weighted by Crippen LogP contribution is -2.49. The second kappa shape index (κ2) is 7.64. The van der Waals surface area contributed by atoms with Gasteiger partial charge in [-0.3, -0.25) is 4.79 Å². The van der Waals surface area contributed by atoms with Crippen molar-refractivity contribution in [1.29, 1.82) is 0 Å². The Labute approximate surface area is 152 Å². The second-order valence-electron chi connectivity index (χ2n) is 6.63. The molecule has 2 aromatic rings. The van der Waals surface area contributed by atoms with E-state index in [0.717, 1.165) is 25.7 Å². The van der Waals surface area contributed by atoms with Gasteiger partial charge < -0.3 is 19.5 Å². The maximum atomic E-state index is 12.5. The molecule has 1 aliphatic carbocycles. The number of para-hydroxylation sites is 2. The van der Waals surface area contributed by atoms with E-state index in [1.165, 1.54) is 0 Å². The lowest BCUT2D eigenvalue weighted by atomic mass is 9.93. The summed E-state index contributed by atoms with van der Waals surface area (Å²) in [7, 11) is 0. The normalized spacial score (nSPS) is 24.5. The van der Waals surface area contributed by atoms with Gasteiger partial charge in [-0.2, -0.15) is 0 Å². The smallest absolute Gasteiger partial charge is 0.264 e. The molecule has 1 fully saturated rings. The lowest BCUT2D eigenvalue weighted by molar-refractivity contribution is -0.131. The van der Waals surface area contributed by atoms with Crippen molar-refractivity contribution >= 4 is 5.91 Å². The van der Waals surface area contributed by atoms with Crippen LogP contribution < -0.4 is 19.5 Å². The predicted molar refractivity (Wildman–Crippen MR) is 95.4 cm³/mol. The van der Waals surface area contributed by atoms with Gasteiger partial charge in [-0.05, 0) is 43.9 Å². The van der Waals surface area contributed by atoms with Crippen LogP contribution in [0.3, 0.4) is 0 Å². The van der Waals surface area contributed by atoms with Crippen molar-refractivity contribution in [2.75, 3.05) is 6.61 Å². The second-order valence-corrected chi connectivity index (χ2v) is 6.63. The first kappa shape index (κ1) is 16.7. The van der Waals surface area contributed by atoms with Crippen LogP contribution in [0.5, 0.6) is 17.4 Å². The summed E-state index contributed by atoms with van der Waals surface area (Å²) in [6.45, 7) is 0.237. The van der Waals surface area contributed by atoms with Gasteiger partial charge in [0.15, 0.2) is 11.5 Å². The minimum atomic E-state index is -0.604. The summed E-state index contributed by atoms with van der Waals surface area (Å²) in [5.41, 5.74) is 0. The van der Waals surface area contributed by atoms with E-state index in [1.54, 1.807) is 6.20 Å². The summed E-state index contributed by atoms with van der Waals surface area (Å²) >= 11 is 0. The van der Waals surface area contributed by atoms with Crippen LogP contribution in [0.2, 0.25) is 0 Å². The third-order valence-corrected chi connectivity index (χ3v) is 4.75. The fourth-order valence-corrected chi connectivity index (χ4v) is 3.36. The Hall–Kier alpha value is -2.76. The molecule has 0 bridgehead atoms. The van der Waals surface area contributed by atoms with Crippen molar-refractivity contribution in [3.63, 3.8) is 0 Å². The van der Waals surface area contributed by atoms with Crippen molar-refractivity contribution in [3.05, 3.63) is 48.7 Å². The molecule has 0 saturated heterocycles. The van der Waals surface area contributed by atoms with Crippen LogP contribution in [0.25, 0.3) is 0 Å². The van der Waals surface area contributed by atoms with Gasteiger partial charge in [0.05, 0.1) is 0 Å². The first-order chi connectivity index (χ1) is 12.8. The zero-order chi connectivity index (χ0) is 17.8. The average Bonchev–Trinajstić information content (AvgIpc) is 2.70. The van der Waals surface area contributed by atoms with E-state index in [9.17, 15) is 4.79 Å². The Balaban J connectivity index is 1.25. The van der Waals surface area contributed by atoms with Gasteiger partial charge in [-0.25, -0.2) is 4.98 Å². The highest BCUT2D eigenvalue weighted by atomic mass is 16.6. The summed E-state index contributed by atoms with van der Waals surface area (Å²) < 4.78 is 17.3. The number of carbonyl (C=O) groups is 1. The van der Waals surface area contributed by atoms with E-state index in [-0.39, 0.29) is 24.7 Å². The molecule has 0 spiro atoms. The Morgan fingerprint density at radius 1 is 1.04 bits per heavy atom. The number of rotatable bonds is 4. The maximum absolute atomic E-state index is 12.5. The lowest BCUT2D eigenvalue weighted by Gasteiger charge is -2.31. The first-order valence-corrected chi connectivity index (χ1v) is 9.04. The summed E-state index contributed by atoms with van der Waals surface area (Å²) in [6.07, 6.45) is 4.83. The van der Waals surface area contributed by atoms with Crippen LogP contribution in [0.15, 0.2) is 48.7 Å². The molecule has 1 amide bonds.